The average Bonchev–Trinajstić information content (AvgIpc) is 2.49. The lowest BCUT2D eigenvalue weighted by Crippen LogP contribution is -2.03. The molecular weight excluding hydrogens is 232 g/mol. The van der Waals surface area contributed by atoms with Crippen molar-refractivity contribution in [1.29, 1.82) is 0 Å². The van der Waals surface area contributed by atoms with E-state index in [1.54, 1.807) is 7.11 Å². The van der Waals surface area contributed by atoms with Crippen molar-refractivity contribution >= 4 is 0 Å². The van der Waals surface area contributed by atoms with Crippen molar-refractivity contribution in [3.8, 4) is 5.75 Å². The number of benzene rings is 2. The number of para-hydroxylation sites is 1. The fourth-order valence-corrected chi connectivity index (χ4v) is 2.55. The van der Waals surface area contributed by atoms with Gasteiger partial charge in [0.2, 0.25) is 0 Å². The first-order valence-corrected chi connectivity index (χ1v) is 7.04. The molecule has 0 aliphatic heterocycles. The van der Waals surface area contributed by atoms with Crippen LogP contribution in [0.2, 0.25) is 0 Å². The summed E-state index contributed by atoms with van der Waals surface area (Å²) >= 11 is 0. The minimum atomic E-state index is 0.428. The van der Waals surface area contributed by atoms with E-state index in [9.17, 15) is 0 Å². The summed E-state index contributed by atoms with van der Waals surface area (Å²) in [6, 6.07) is 19.1. The quantitative estimate of drug-likeness (QED) is 0.703. The minimum absolute atomic E-state index is 0.428. The van der Waals surface area contributed by atoms with Crippen LogP contribution in [-0.2, 0) is 0 Å². The van der Waals surface area contributed by atoms with Gasteiger partial charge < -0.3 is 4.74 Å². The predicted octanol–water partition coefficient (Wildman–Crippen LogP) is 5.02. The fourth-order valence-electron chi connectivity index (χ4n) is 2.55. The van der Waals surface area contributed by atoms with Crippen LogP contribution in [0.15, 0.2) is 54.6 Å². The van der Waals surface area contributed by atoms with Gasteiger partial charge in [-0.25, -0.2) is 0 Å². The first-order valence-electron chi connectivity index (χ1n) is 7.04. The highest BCUT2D eigenvalue weighted by Gasteiger charge is 2.17. The maximum Gasteiger partial charge on any atom is 0.122 e. The second-order valence-corrected chi connectivity index (χ2v) is 4.85. The largest absolute Gasteiger partial charge is 0.496 e. The maximum absolute atomic E-state index is 5.53. The molecule has 0 aromatic heterocycles. The molecule has 0 aliphatic carbocycles. The molecule has 100 valence electrons. The Balaban J connectivity index is 2.37. The molecule has 0 spiro atoms. The van der Waals surface area contributed by atoms with E-state index in [2.05, 4.69) is 55.5 Å². The number of hydrogen-bond acceptors (Lipinski definition) is 1. The van der Waals surface area contributed by atoms with Crippen LogP contribution in [0.5, 0.6) is 5.75 Å². The third-order valence-electron chi connectivity index (χ3n) is 3.56. The van der Waals surface area contributed by atoms with Crippen molar-refractivity contribution in [1.82, 2.24) is 0 Å². The summed E-state index contributed by atoms with van der Waals surface area (Å²) < 4.78 is 5.53. The molecule has 1 unspecified atom stereocenters. The highest BCUT2D eigenvalue weighted by atomic mass is 16.5. The van der Waals surface area contributed by atoms with Crippen molar-refractivity contribution in [2.45, 2.75) is 32.1 Å². The number of methoxy groups -OCH3 is 1. The zero-order valence-corrected chi connectivity index (χ0v) is 11.8. The van der Waals surface area contributed by atoms with E-state index < -0.39 is 0 Å². The lowest BCUT2D eigenvalue weighted by atomic mass is 9.86. The monoisotopic (exact) mass is 254 g/mol. The molecule has 2 aromatic carbocycles. The van der Waals surface area contributed by atoms with Crippen LogP contribution < -0.4 is 4.74 Å². The van der Waals surface area contributed by atoms with Crippen molar-refractivity contribution in [3.63, 3.8) is 0 Å². The van der Waals surface area contributed by atoms with Crippen LogP contribution in [0.4, 0.5) is 0 Å². The molecule has 0 radical (unpaired) electrons. The van der Waals surface area contributed by atoms with Gasteiger partial charge in [-0.05, 0) is 18.1 Å². The predicted molar refractivity (Wildman–Crippen MR) is 80.8 cm³/mol. The molecule has 1 atom stereocenters. The van der Waals surface area contributed by atoms with Crippen LogP contribution in [0.3, 0.4) is 0 Å². The number of ether oxygens (including phenoxy) is 1. The summed E-state index contributed by atoms with van der Waals surface area (Å²) in [5.74, 6) is 1.42. The summed E-state index contributed by atoms with van der Waals surface area (Å²) in [4.78, 5) is 0. The van der Waals surface area contributed by atoms with E-state index in [1.165, 1.54) is 30.4 Å². The zero-order chi connectivity index (χ0) is 13.5. The van der Waals surface area contributed by atoms with E-state index >= 15 is 0 Å². The van der Waals surface area contributed by atoms with Gasteiger partial charge in [0.15, 0.2) is 0 Å². The topological polar surface area (TPSA) is 9.23 Å². The van der Waals surface area contributed by atoms with E-state index in [0.29, 0.717) is 5.92 Å². The Morgan fingerprint density at radius 1 is 0.947 bits per heavy atom. The van der Waals surface area contributed by atoms with Gasteiger partial charge in [0.25, 0.3) is 0 Å². The van der Waals surface area contributed by atoms with Crippen LogP contribution in [0, 0.1) is 0 Å². The number of hydrogen-bond donors (Lipinski definition) is 0. The van der Waals surface area contributed by atoms with Gasteiger partial charge in [-0.15, -0.1) is 0 Å². The Morgan fingerprint density at radius 2 is 1.63 bits per heavy atom. The smallest absolute Gasteiger partial charge is 0.122 e. The maximum atomic E-state index is 5.53. The summed E-state index contributed by atoms with van der Waals surface area (Å²) in [6.07, 6.45) is 3.62. The first-order chi connectivity index (χ1) is 9.36. The van der Waals surface area contributed by atoms with Crippen molar-refractivity contribution in [2.75, 3.05) is 7.11 Å². The van der Waals surface area contributed by atoms with E-state index in [4.69, 9.17) is 4.74 Å². The summed E-state index contributed by atoms with van der Waals surface area (Å²) in [5.41, 5.74) is 2.67. The molecule has 0 heterocycles. The molecule has 0 N–H and O–H groups in total. The third kappa shape index (κ3) is 3.37. The molecule has 0 fully saturated rings. The van der Waals surface area contributed by atoms with Crippen molar-refractivity contribution < 1.29 is 4.74 Å². The lowest BCUT2D eigenvalue weighted by molar-refractivity contribution is 0.406. The summed E-state index contributed by atoms with van der Waals surface area (Å²) in [5, 5.41) is 0. The Hall–Kier alpha value is -1.76. The molecule has 1 heteroatoms. The van der Waals surface area contributed by atoms with Gasteiger partial charge in [0.05, 0.1) is 7.11 Å². The number of rotatable bonds is 6. The SMILES string of the molecule is CCCCC(c1ccccc1)c1ccccc1OC. The highest BCUT2D eigenvalue weighted by molar-refractivity contribution is 5.41. The summed E-state index contributed by atoms with van der Waals surface area (Å²) in [7, 11) is 1.75. The normalized spacial score (nSPS) is 12.1. The number of unbranched alkanes of at least 4 members (excludes halogenated alkanes) is 1. The third-order valence-corrected chi connectivity index (χ3v) is 3.56. The minimum Gasteiger partial charge on any atom is -0.496 e. The van der Waals surface area contributed by atoms with Gasteiger partial charge in [-0.3, -0.25) is 0 Å². The molecule has 0 bridgehead atoms. The molecule has 2 rings (SSSR count). The van der Waals surface area contributed by atoms with E-state index in [-0.39, 0.29) is 0 Å². The molecule has 19 heavy (non-hydrogen) atoms. The van der Waals surface area contributed by atoms with E-state index in [1.807, 2.05) is 6.07 Å². The Labute approximate surface area is 116 Å². The van der Waals surface area contributed by atoms with Gasteiger partial charge >= 0.3 is 0 Å². The second kappa shape index (κ2) is 6.98. The van der Waals surface area contributed by atoms with Gasteiger partial charge in [0.1, 0.15) is 5.75 Å². The molecule has 0 saturated heterocycles. The standard InChI is InChI=1S/C18H22O/c1-3-4-12-16(15-10-6-5-7-11-15)17-13-8-9-14-18(17)19-2/h5-11,13-14,16H,3-4,12H2,1-2H3. The lowest BCUT2D eigenvalue weighted by Gasteiger charge is -2.20. The molecule has 1 nitrogen and oxygen atoms in total. The zero-order valence-electron chi connectivity index (χ0n) is 11.8. The van der Waals surface area contributed by atoms with Crippen LogP contribution in [0.1, 0.15) is 43.2 Å². The fraction of sp³-hybridized carbons (Fsp3) is 0.333. The van der Waals surface area contributed by atoms with Gasteiger partial charge in [-0.2, -0.15) is 0 Å². The molecular formula is C18H22O. The molecule has 0 amide bonds. The molecule has 0 saturated carbocycles. The van der Waals surface area contributed by atoms with Gasteiger partial charge in [-0.1, -0.05) is 68.3 Å². The first kappa shape index (κ1) is 13.7. The Morgan fingerprint density at radius 3 is 2.32 bits per heavy atom. The second-order valence-electron chi connectivity index (χ2n) is 4.85. The van der Waals surface area contributed by atoms with Gasteiger partial charge in [0, 0.05) is 11.5 Å². The summed E-state index contributed by atoms with van der Waals surface area (Å²) in [6.45, 7) is 2.24. The average molecular weight is 254 g/mol. The van der Waals surface area contributed by atoms with Crippen LogP contribution in [0.25, 0.3) is 0 Å². The van der Waals surface area contributed by atoms with Crippen LogP contribution >= 0.6 is 0 Å². The molecule has 2 aromatic rings. The highest BCUT2D eigenvalue weighted by Crippen LogP contribution is 2.35. The van der Waals surface area contributed by atoms with Crippen molar-refractivity contribution in [2.24, 2.45) is 0 Å². The van der Waals surface area contributed by atoms with E-state index in [0.717, 1.165) is 5.75 Å². The Kier molecular flexibility index (Phi) is 5.02. The van der Waals surface area contributed by atoms with Crippen LogP contribution in [-0.4, -0.2) is 7.11 Å². The molecule has 0 aliphatic rings. The van der Waals surface area contributed by atoms with Crippen molar-refractivity contribution in [3.05, 3.63) is 65.7 Å². The Bertz CT molecular complexity index is 490.